The van der Waals surface area contributed by atoms with E-state index >= 15 is 0 Å². The number of methoxy groups -OCH3 is 1. The minimum absolute atomic E-state index is 0.0732. The number of fused-ring (bicyclic) bond motifs is 1. The van der Waals surface area contributed by atoms with Crippen molar-refractivity contribution in [2.45, 2.75) is 12.7 Å². The highest BCUT2D eigenvalue weighted by molar-refractivity contribution is 7.15. The molecule has 5 nitrogen and oxygen atoms in total. The maximum Gasteiger partial charge on any atom is 0.416 e. The van der Waals surface area contributed by atoms with Crippen LogP contribution in [0.3, 0.4) is 0 Å². The van der Waals surface area contributed by atoms with E-state index in [1.54, 1.807) is 41.3 Å². The first kappa shape index (κ1) is 20.0. The smallest absolute Gasteiger partial charge is 0.416 e. The number of alkyl halides is 3. The van der Waals surface area contributed by atoms with Crippen molar-refractivity contribution in [3.8, 4) is 17.0 Å². The first-order valence-corrected chi connectivity index (χ1v) is 9.79. The van der Waals surface area contributed by atoms with E-state index in [2.05, 4.69) is 10.3 Å². The molecule has 1 amide bonds. The summed E-state index contributed by atoms with van der Waals surface area (Å²) in [4.78, 5) is 17.8. The Bertz CT molecular complexity index is 1210. The average Bonchev–Trinajstić information content (AvgIpc) is 3.33. The third kappa shape index (κ3) is 3.88. The number of hydrogen-bond acceptors (Lipinski definition) is 4. The lowest BCUT2D eigenvalue weighted by atomic mass is 10.1. The Morgan fingerprint density at radius 3 is 2.77 bits per heavy atom. The summed E-state index contributed by atoms with van der Waals surface area (Å²) >= 11 is 1.30. The molecule has 0 atom stereocenters. The Labute approximate surface area is 173 Å². The Balaban J connectivity index is 1.68. The fourth-order valence-electron chi connectivity index (χ4n) is 3.11. The summed E-state index contributed by atoms with van der Waals surface area (Å²) in [6, 6.07) is 12.1. The molecule has 0 aliphatic rings. The molecule has 0 bridgehead atoms. The number of halogens is 3. The van der Waals surface area contributed by atoms with Crippen molar-refractivity contribution in [1.82, 2.24) is 14.7 Å². The number of thiazole rings is 1. The summed E-state index contributed by atoms with van der Waals surface area (Å²) in [5, 5.41) is 4.55. The number of carbonyl (C=O) groups is 1. The zero-order valence-corrected chi connectivity index (χ0v) is 16.6. The van der Waals surface area contributed by atoms with Gasteiger partial charge in [0.1, 0.15) is 5.75 Å². The molecule has 0 radical (unpaired) electrons. The van der Waals surface area contributed by atoms with Crippen LogP contribution >= 0.6 is 11.3 Å². The average molecular weight is 431 g/mol. The fraction of sp³-hybridized carbons (Fsp3) is 0.143. The lowest BCUT2D eigenvalue weighted by Crippen LogP contribution is -2.24. The lowest BCUT2D eigenvalue weighted by Gasteiger charge is -2.10. The Kier molecular flexibility index (Phi) is 5.21. The molecular formula is C21H16F3N3O2S. The van der Waals surface area contributed by atoms with Crippen molar-refractivity contribution in [1.29, 1.82) is 0 Å². The van der Waals surface area contributed by atoms with Crippen molar-refractivity contribution in [3.63, 3.8) is 0 Å². The number of aromatic nitrogens is 2. The summed E-state index contributed by atoms with van der Waals surface area (Å²) in [6.07, 6.45) is -2.80. The highest BCUT2D eigenvalue weighted by Gasteiger charge is 2.31. The largest absolute Gasteiger partial charge is 0.497 e. The molecule has 2 aromatic carbocycles. The number of ether oxygens (including phenoxy) is 1. The first-order chi connectivity index (χ1) is 14.4. The van der Waals surface area contributed by atoms with Gasteiger partial charge in [-0.2, -0.15) is 13.2 Å². The van der Waals surface area contributed by atoms with Gasteiger partial charge < -0.3 is 10.1 Å². The number of nitrogens with one attached hydrogen (secondary N) is 1. The normalized spacial score (nSPS) is 11.6. The van der Waals surface area contributed by atoms with Gasteiger partial charge in [0.25, 0.3) is 5.91 Å². The van der Waals surface area contributed by atoms with Gasteiger partial charge in [0.15, 0.2) is 10.7 Å². The molecule has 1 N–H and O–H groups in total. The topological polar surface area (TPSA) is 55.6 Å². The van der Waals surface area contributed by atoms with Crippen molar-refractivity contribution in [3.05, 3.63) is 76.9 Å². The Morgan fingerprint density at radius 2 is 2.00 bits per heavy atom. The second-order valence-corrected chi connectivity index (χ2v) is 7.35. The van der Waals surface area contributed by atoms with Crippen LogP contribution in [-0.2, 0) is 12.7 Å². The maximum atomic E-state index is 13.2. The molecule has 154 valence electrons. The summed E-state index contributed by atoms with van der Waals surface area (Å²) < 4.78 is 46.3. The van der Waals surface area contributed by atoms with Gasteiger partial charge in [0, 0.05) is 23.7 Å². The predicted octanol–water partition coefficient (Wildman–Crippen LogP) is 5.02. The highest BCUT2D eigenvalue weighted by Crippen LogP contribution is 2.34. The van der Waals surface area contributed by atoms with Crippen LogP contribution in [-0.4, -0.2) is 22.4 Å². The Morgan fingerprint density at radius 1 is 1.20 bits per heavy atom. The van der Waals surface area contributed by atoms with Crippen molar-refractivity contribution < 1.29 is 22.7 Å². The van der Waals surface area contributed by atoms with Crippen LogP contribution in [0.1, 0.15) is 21.6 Å². The van der Waals surface area contributed by atoms with Crippen molar-refractivity contribution in [2.75, 3.05) is 7.11 Å². The number of nitrogens with zero attached hydrogens (tertiary/aromatic N) is 2. The molecule has 0 aliphatic carbocycles. The van der Waals surface area contributed by atoms with Crippen LogP contribution < -0.4 is 10.1 Å². The van der Waals surface area contributed by atoms with Gasteiger partial charge in [-0.15, -0.1) is 11.3 Å². The maximum absolute atomic E-state index is 13.2. The van der Waals surface area contributed by atoms with Crippen LogP contribution in [0.2, 0.25) is 0 Å². The number of imidazole rings is 1. The van der Waals surface area contributed by atoms with Crippen LogP contribution in [0.15, 0.2) is 60.1 Å². The molecule has 30 heavy (non-hydrogen) atoms. The van der Waals surface area contributed by atoms with Gasteiger partial charge in [-0.1, -0.05) is 24.3 Å². The second-order valence-electron chi connectivity index (χ2n) is 6.48. The molecule has 9 heteroatoms. The zero-order valence-electron chi connectivity index (χ0n) is 15.7. The number of amides is 1. The van der Waals surface area contributed by atoms with E-state index in [1.807, 2.05) is 6.07 Å². The summed E-state index contributed by atoms with van der Waals surface area (Å²) in [5.41, 5.74) is 0.698. The van der Waals surface area contributed by atoms with Crippen LogP contribution in [0.4, 0.5) is 13.2 Å². The van der Waals surface area contributed by atoms with Crippen molar-refractivity contribution in [2.24, 2.45) is 0 Å². The van der Waals surface area contributed by atoms with Gasteiger partial charge in [-0.3, -0.25) is 9.20 Å². The molecular weight excluding hydrogens is 415 g/mol. The number of carbonyl (C=O) groups excluding carboxylic acids is 1. The standard InChI is InChI=1S/C21H16F3N3O2S/c1-29-16-7-2-4-13(10-16)12-25-19(28)17-18(27-8-9-30-20(27)26-17)14-5-3-6-15(11-14)21(22,23)24/h2-11H,12H2,1H3,(H,25,28). The predicted molar refractivity (Wildman–Crippen MR) is 108 cm³/mol. The van der Waals surface area contributed by atoms with Gasteiger partial charge in [0.05, 0.1) is 18.4 Å². The number of hydrogen-bond donors (Lipinski definition) is 1. The molecule has 0 spiro atoms. The quantitative estimate of drug-likeness (QED) is 0.483. The van der Waals surface area contributed by atoms with Crippen molar-refractivity contribution >= 4 is 22.2 Å². The minimum atomic E-state index is -4.48. The summed E-state index contributed by atoms with van der Waals surface area (Å²) in [7, 11) is 1.55. The molecule has 0 saturated heterocycles. The van der Waals surface area contributed by atoms with E-state index in [0.717, 1.165) is 17.7 Å². The van der Waals surface area contributed by atoms with Gasteiger partial charge in [-0.05, 0) is 29.8 Å². The van der Waals surface area contributed by atoms with E-state index in [4.69, 9.17) is 4.74 Å². The minimum Gasteiger partial charge on any atom is -0.497 e. The fourth-order valence-corrected chi connectivity index (χ4v) is 3.83. The van der Waals surface area contributed by atoms with Gasteiger partial charge in [0.2, 0.25) is 0 Å². The zero-order chi connectivity index (χ0) is 21.3. The number of benzene rings is 2. The van der Waals surface area contributed by atoms with E-state index in [0.29, 0.717) is 16.4 Å². The first-order valence-electron chi connectivity index (χ1n) is 8.91. The number of rotatable bonds is 5. The third-order valence-electron chi connectivity index (χ3n) is 4.53. The highest BCUT2D eigenvalue weighted by atomic mass is 32.1. The molecule has 4 aromatic rings. The monoisotopic (exact) mass is 431 g/mol. The lowest BCUT2D eigenvalue weighted by molar-refractivity contribution is -0.137. The molecule has 0 unspecified atom stereocenters. The molecule has 2 aromatic heterocycles. The SMILES string of the molecule is COc1cccc(CNC(=O)c2nc3sccn3c2-c2cccc(C(F)(F)F)c2)c1. The molecule has 0 saturated carbocycles. The van der Waals surface area contributed by atoms with E-state index in [9.17, 15) is 18.0 Å². The molecule has 0 fully saturated rings. The van der Waals surface area contributed by atoms with Crippen LogP contribution in [0.5, 0.6) is 5.75 Å². The molecule has 0 aliphatic heterocycles. The van der Waals surface area contributed by atoms with Gasteiger partial charge >= 0.3 is 6.18 Å². The van der Waals surface area contributed by atoms with E-state index in [1.165, 1.54) is 23.5 Å². The molecule has 4 rings (SSSR count). The van der Waals surface area contributed by atoms with Crippen LogP contribution in [0, 0.1) is 0 Å². The molecule has 2 heterocycles. The van der Waals surface area contributed by atoms with E-state index < -0.39 is 17.6 Å². The Hall–Kier alpha value is -3.33. The third-order valence-corrected chi connectivity index (χ3v) is 5.28. The van der Waals surface area contributed by atoms with E-state index in [-0.39, 0.29) is 17.8 Å². The van der Waals surface area contributed by atoms with Crippen LogP contribution in [0.25, 0.3) is 16.2 Å². The van der Waals surface area contributed by atoms with Gasteiger partial charge in [-0.25, -0.2) is 4.98 Å². The second kappa shape index (κ2) is 7.83. The summed E-state index contributed by atoms with van der Waals surface area (Å²) in [6.45, 7) is 0.225. The summed E-state index contributed by atoms with van der Waals surface area (Å²) in [5.74, 6) is 0.190.